The maximum absolute atomic E-state index is 11.9. The Bertz CT molecular complexity index is 488. The zero-order valence-electron chi connectivity index (χ0n) is 11.3. The first-order valence-electron chi connectivity index (χ1n) is 6.01. The molecule has 1 amide bonds. The molecule has 0 aliphatic carbocycles. The van der Waals surface area contributed by atoms with Crippen LogP contribution < -0.4 is 11.1 Å². The molecule has 0 saturated carbocycles. The number of carboxylic acid groups (broad SMARTS) is 1. The summed E-state index contributed by atoms with van der Waals surface area (Å²) >= 11 is 0. The molecule has 1 atom stereocenters. The van der Waals surface area contributed by atoms with Crippen molar-refractivity contribution in [2.24, 2.45) is 0 Å². The number of carbonyl (C=O) groups excluding carboxylic acids is 1. The summed E-state index contributed by atoms with van der Waals surface area (Å²) < 4.78 is 0. The minimum atomic E-state index is -1.08. The Labute approximate surface area is 112 Å². The number of hydrogen-bond donors (Lipinski definition) is 3. The van der Waals surface area contributed by atoms with Crippen LogP contribution in [-0.4, -0.2) is 41.5 Å². The first-order valence-corrected chi connectivity index (χ1v) is 6.01. The van der Waals surface area contributed by atoms with E-state index in [0.29, 0.717) is 12.2 Å². The van der Waals surface area contributed by atoms with Gasteiger partial charge in [-0.3, -0.25) is 4.79 Å². The number of amides is 1. The van der Waals surface area contributed by atoms with Gasteiger partial charge in [-0.1, -0.05) is 6.07 Å². The van der Waals surface area contributed by atoms with E-state index in [9.17, 15) is 9.59 Å². The quantitative estimate of drug-likeness (QED) is 0.696. The molecule has 1 aromatic rings. The van der Waals surface area contributed by atoms with Crippen molar-refractivity contribution >= 4 is 23.3 Å². The predicted octanol–water partition coefficient (Wildman–Crippen LogP) is 1.25. The van der Waals surface area contributed by atoms with Crippen molar-refractivity contribution in [1.82, 2.24) is 4.90 Å². The summed E-state index contributed by atoms with van der Waals surface area (Å²) in [7, 11) is 1.69. The van der Waals surface area contributed by atoms with Crippen molar-refractivity contribution in [3.05, 3.63) is 23.8 Å². The van der Waals surface area contributed by atoms with E-state index in [1.165, 1.54) is 6.07 Å². The van der Waals surface area contributed by atoms with E-state index in [2.05, 4.69) is 5.32 Å². The van der Waals surface area contributed by atoms with Gasteiger partial charge in [-0.25, -0.2) is 4.79 Å². The highest BCUT2D eigenvalue weighted by atomic mass is 16.4. The van der Waals surface area contributed by atoms with E-state index < -0.39 is 12.0 Å². The molecule has 0 saturated heterocycles. The van der Waals surface area contributed by atoms with Crippen molar-refractivity contribution in [2.75, 3.05) is 24.6 Å². The Morgan fingerprint density at radius 2 is 2.11 bits per heavy atom. The van der Waals surface area contributed by atoms with Gasteiger partial charge in [0.15, 0.2) is 0 Å². The van der Waals surface area contributed by atoms with Crippen LogP contribution in [0.2, 0.25) is 0 Å². The molecule has 6 nitrogen and oxygen atoms in total. The lowest BCUT2D eigenvalue weighted by Gasteiger charge is -2.22. The second-order valence-electron chi connectivity index (χ2n) is 4.29. The molecule has 1 aromatic carbocycles. The molecule has 0 aliphatic heterocycles. The van der Waals surface area contributed by atoms with Crippen LogP contribution in [0.5, 0.6) is 0 Å². The van der Waals surface area contributed by atoms with Gasteiger partial charge in [0.1, 0.15) is 6.04 Å². The van der Waals surface area contributed by atoms with E-state index >= 15 is 0 Å². The van der Waals surface area contributed by atoms with Gasteiger partial charge in [0.25, 0.3) is 0 Å². The van der Waals surface area contributed by atoms with Gasteiger partial charge < -0.3 is 21.1 Å². The van der Waals surface area contributed by atoms with Gasteiger partial charge in [0, 0.05) is 13.6 Å². The molecular formula is C13H19N3O3. The van der Waals surface area contributed by atoms with Crippen LogP contribution in [0.1, 0.15) is 24.2 Å². The molecular weight excluding hydrogens is 246 g/mol. The van der Waals surface area contributed by atoms with E-state index in [0.717, 1.165) is 0 Å². The number of aromatic carboxylic acids is 1. The molecule has 0 fully saturated rings. The Balaban J connectivity index is 2.99. The average molecular weight is 265 g/mol. The van der Waals surface area contributed by atoms with Crippen molar-refractivity contribution in [3.8, 4) is 0 Å². The van der Waals surface area contributed by atoms with Gasteiger partial charge >= 0.3 is 5.97 Å². The number of hydrogen-bond acceptors (Lipinski definition) is 4. The smallest absolute Gasteiger partial charge is 0.337 e. The lowest BCUT2D eigenvalue weighted by atomic mass is 10.1. The molecule has 104 valence electrons. The maximum atomic E-state index is 11.9. The number of nitrogens with zero attached hydrogens (tertiary/aromatic N) is 1. The van der Waals surface area contributed by atoms with Gasteiger partial charge in [0.2, 0.25) is 5.91 Å². The highest BCUT2D eigenvalue weighted by Crippen LogP contribution is 2.24. The lowest BCUT2D eigenvalue weighted by molar-refractivity contribution is -0.130. The Morgan fingerprint density at radius 3 is 2.63 bits per heavy atom. The SMILES string of the molecule is CCN(C)C(=O)C(C)Nc1c(N)cccc1C(=O)O. The second-order valence-corrected chi connectivity index (χ2v) is 4.29. The van der Waals surface area contributed by atoms with Crippen LogP contribution in [0.25, 0.3) is 0 Å². The molecule has 0 radical (unpaired) electrons. The number of benzene rings is 1. The first-order chi connectivity index (χ1) is 8.88. The minimum absolute atomic E-state index is 0.0544. The van der Waals surface area contributed by atoms with Crippen molar-refractivity contribution in [1.29, 1.82) is 0 Å². The summed E-state index contributed by atoms with van der Waals surface area (Å²) in [6, 6.07) is 4.05. The molecule has 0 spiro atoms. The number of rotatable bonds is 5. The largest absolute Gasteiger partial charge is 0.478 e. The van der Waals surface area contributed by atoms with E-state index in [-0.39, 0.29) is 17.2 Å². The number of nitrogens with two attached hydrogens (primary N) is 1. The Hall–Kier alpha value is -2.24. The fraction of sp³-hybridized carbons (Fsp3) is 0.385. The van der Waals surface area contributed by atoms with Crippen LogP contribution in [0.15, 0.2) is 18.2 Å². The average Bonchev–Trinajstić information content (AvgIpc) is 2.38. The normalized spacial score (nSPS) is 11.7. The maximum Gasteiger partial charge on any atom is 0.337 e. The number of anilines is 2. The van der Waals surface area contributed by atoms with Crippen molar-refractivity contribution in [2.45, 2.75) is 19.9 Å². The van der Waals surface area contributed by atoms with Gasteiger partial charge in [-0.05, 0) is 26.0 Å². The fourth-order valence-electron chi connectivity index (χ4n) is 1.67. The van der Waals surface area contributed by atoms with Gasteiger partial charge in [-0.15, -0.1) is 0 Å². The highest BCUT2D eigenvalue weighted by Gasteiger charge is 2.20. The molecule has 0 aliphatic rings. The van der Waals surface area contributed by atoms with Crippen molar-refractivity contribution in [3.63, 3.8) is 0 Å². The number of carbonyl (C=O) groups is 2. The number of likely N-dealkylation sites (N-methyl/N-ethyl adjacent to an activating group) is 1. The Kier molecular flexibility index (Phi) is 4.74. The minimum Gasteiger partial charge on any atom is -0.478 e. The molecule has 1 rings (SSSR count). The van der Waals surface area contributed by atoms with Crippen LogP contribution in [0.4, 0.5) is 11.4 Å². The highest BCUT2D eigenvalue weighted by molar-refractivity contribution is 5.98. The van der Waals surface area contributed by atoms with Crippen LogP contribution in [0.3, 0.4) is 0 Å². The van der Waals surface area contributed by atoms with Crippen LogP contribution in [-0.2, 0) is 4.79 Å². The molecule has 19 heavy (non-hydrogen) atoms. The molecule has 0 aromatic heterocycles. The van der Waals surface area contributed by atoms with E-state index in [4.69, 9.17) is 10.8 Å². The molecule has 6 heteroatoms. The zero-order valence-corrected chi connectivity index (χ0v) is 11.3. The summed E-state index contributed by atoms with van der Waals surface area (Å²) in [5, 5.41) is 12.0. The third-order valence-electron chi connectivity index (χ3n) is 2.91. The second kappa shape index (κ2) is 6.08. The summed E-state index contributed by atoms with van der Waals surface area (Å²) in [5.74, 6) is -1.21. The van der Waals surface area contributed by atoms with Gasteiger partial charge in [0.05, 0.1) is 16.9 Å². The third kappa shape index (κ3) is 3.37. The van der Waals surface area contributed by atoms with Crippen LogP contribution >= 0.6 is 0 Å². The third-order valence-corrected chi connectivity index (χ3v) is 2.91. The predicted molar refractivity (Wildman–Crippen MR) is 74.2 cm³/mol. The number of nitrogens with one attached hydrogen (secondary N) is 1. The monoisotopic (exact) mass is 265 g/mol. The summed E-state index contributed by atoms with van der Waals surface area (Å²) in [5.41, 5.74) is 6.40. The summed E-state index contributed by atoms with van der Waals surface area (Å²) in [6.45, 7) is 4.12. The number of nitrogen functional groups attached to an aromatic ring is 1. The number of carboxylic acids is 1. The topological polar surface area (TPSA) is 95.7 Å². The molecule has 0 heterocycles. The molecule has 4 N–H and O–H groups in total. The molecule has 0 bridgehead atoms. The summed E-state index contributed by atoms with van der Waals surface area (Å²) in [6.07, 6.45) is 0. The molecule has 1 unspecified atom stereocenters. The fourth-order valence-corrected chi connectivity index (χ4v) is 1.67. The van der Waals surface area contributed by atoms with Gasteiger partial charge in [-0.2, -0.15) is 0 Å². The zero-order chi connectivity index (χ0) is 14.6. The van der Waals surface area contributed by atoms with Crippen LogP contribution in [0, 0.1) is 0 Å². The lowest BCUT2D eigenvalue weighted by Crippen LogP contribution is -2.39. The standard InChI is InChI=1S/C13H19N3O3/c1-4-16(3)12(17)8(2)15-11-9(13(18)19)6-5-7-10(11)14/h5-8,15H,4,14H2,1-3H3,(H,18,19). The number of para-hydroxylation sites is 1. The van der Waals surface area contributed by atoms with E-state index in [1.54, 1.807) is 31.0 Å². The van der Waals surface area contributed by atoms with E-state index in [1.807, 2.05) is 6.92 Å². The first kappa shape index (κ1) is 14.8. The summed E-state index contributed by atoms with van der Waals surface area (Å²) in [4.78, 5) is 24.6. The van der Waals surface area contributed by atoms with Crippen molar-refractivity contribution < 1.29 is 14.7 Å². The Morgan fingerprint density at radius 1 is 1.47 bits per heavy atom.